The van der Waals surface area contributed by atoms with Gasteiger partial charge in [-0.05, 0) is 25.7 Å². The number of fused-ring (bicyclic) bond motifs is 1. The molecule has 0 unspecified atom stereocenters. The fourth-order valence-corrected chi connectivity index (χ4v) is 2.09. The van der Waals surface area contributed by atoms with Crippen molar-refractivity contribution in [2.45, 2.75) is 26.4 Å². The number of nitrogens with zero attached hydrogens (tertiary/aromatic N) is 2. The molecule has 0 radical (unpaired) electrons. The number of benzene rings is 1. The molecule has 114 valence electrons. The van der Waals surface area contributed by atoms with Gasteiger partial charge in [-0.1, -0.05) is 32.0 Å². The smallest absolute Gasteiger partial charge is 0.214 e. The summed E-state index contributed by atoms with van der Waals surface area (Å²) in [5.74, 6) is 0.705. The van der Waals surface area contributed by atoms with Gasteiger partial charge in [0.25, 0.3) is 0 Å². The first-order valence-corrected chi connectivity index (χ1v) is 7.46. The minimum Gasteiger partial charge on any atom is -0.476 e. The summed E-state index contributed by atoms with van der Waals surface area (Å²) in [6.45, 7) is 6.66. The van der Waals surface area contributed by atoms with Crippen molar-refractivity contribution in [2.24, 2.45) is 0 Å². The molecule has 0 amide bonds. The molecule has 0 spiro atoms. The molecule has 1 aromatic carbocycles. The van der Waals surface area contributed by atoms with E-state index in [9.17, 15) is 0 Å². The maximum atomic E-state index is 5.79. The monoisotopic (exact) mass is 287 g/mol. The molecule has 0 aliphatic carbocycles. The van der Waals surface area contributed by atoms with E-state index in [0.717, 1.165) is 18.6 Å². The van der Waals surface area contributed by atoms with Gasteiger partial charge in [-0.15, -0.1) is 0 Å². The summed E-state index contributed by atoms with van der Waals surface area (Å²) in [4.78, 5) is 6.69. The highest BCUT2D eigenvalue weighted by atomic mass is 16.5. The molecule has 0 saturated heterocycles. The van der Waals surface area contributed by atoms with E-state index >= 15 is 0 Å². The maximum Gasteiger partial charge on any atom is 0.214 e. The lowest BCUT2D eigenvalue weighted by molar-refractivity contribution is 0.254. The van der Waals surface area contributed by atoms with Crippen LogP contribution in [0.15, 0.2) is 30.3 Å². The number of rotatable bonds is 7. The molecule has 1 aromatic heterocycles. The number of ether oxygens (including phenoxy) is 1. The van der Waals surface area contributed by atoms with E-state index in [2.05, 4.69) is 41.2 Å². The van der Waals surface area contributed by atoms with E-state index in [1.807, 2.05) is 32.3 Å². The molecule has 4 nitrogen and oxygen atoms in total. The lowest BCUT2D eigenvalue weighted by atomic mass is 10.1. The number of aromatic nitrogens is 1. The van der Waals surface area contributed by atoms with Crippen molar-refractivity contribution in [3.8, 4) is 5.88 Å². The zero-order valence-electron chi connectivity index (χ0n) is 13.4. The largest absolute Gasteiger partial charge is 0.476 e. The third-order valence-electron chi connectivity index (χ3n) is 3.27. The van der Waals surface area contributed by atoms with Gasteiger partial charge in [-0.3, -0.25) is 0 Å². The summed E-state index contributed by atoms with van der Waals surface area (Å²) < 4.78 is 5.79. The zero-order chi connectivity index (χ0) is 15.2. The zero-order valence-corrected chi connectivity index (χ0v) is 13.4. The third kappa shape index (κ3) is 4.69. The summed E-state index contributed by atoms with van der Waals surface area (Å²) >= 11 is 0. The van der Waals surface area contributed by atoms with Crippen LogP contribution < -0.4 is 10.1 Å². The van der Waals surface area contributed by atoms with Gasteiger partial charge in [0.2, 0.25) is 5.88 Å². The molecular formula is C17H25N3O. The summed E-state index contributed by atoms with van der Waals surface area (Å²) in [6, 6.07) is 10.7. The topological polar surface area (TPSA) is 37.4 Å². The Morgan fingerprint density at radius 3 is 2.71 bits per heavy atom. The predicted octanol–water partition coefficient (Wildman–Crippen LogP) is 2.67. The summed E-state index contributed by atoms with van der Waals surface area (Å²) in [5, 5.41) is 4.65. The van der Waals surface area contributed by atoms with E-state index in [1.54, 1.807) is 0 Å². The fraction of sp³-hybridized carbons (Fsp3) is 0.471. The molecule has 1 N–H and O–H groups in total. The Bertz CT molecular complexity index is 581. The molecule has 0 aliphatic heterocycles. The average Bonchev–Trinajstić information content (AvgIpc) is 2.44. The van der Waals surface area contributed by atoms with Crippen molar-refractivity contribution in [2.75, 3.05) is 27.2 Å². The minimum absolute atomic E-state index is 0.454. The highest BCUT2D eigenvalue weighted by molar-refractivity contribution is 5.82. The van der Waals surface area contributed by atoms with E-state index in [-0.39, 0.29) is 0 Å². The van der Waals surface area contributed by atoms with Crippen LogP contribution >= 0.6 is 0 Å². The molecule has 0 bridgehead atoms. The minimum atomic E-state index is 0.454. The van der Waals surface area contributed by atoms with Crippen LogP contribution in [0.3, 0.4) is 0 Å². The molecule has 2 rings (SSSR count). The Hall–Kier alpha value is -1.65. The molecule has 4 heteroatoms. The predicted molar refractivity (Wildman–Crippen MR) is 87.8 cm³/mol. The lowest BCUT2D eigenvalue weighted by Gasteiger charge is -2.14. The van der Waals surface area contributed by atoms with Crippen LogP contribution in [0, 0.1) is 0 Å². The van der Waals surface area contributed by atoms with Crippen LogP contribution in [-0.2, 0) is 6.54 Å². The number of likely N-dealkylation sites (N-methyl/N-ethyl adjacent to an activating group) is 1. The van der Waals surface area contributed by atoms with Crippen molar-refractivity contribution in [1.82, 2.24) is 15.2 Å². The van der Waals surface area contributed by atoms with E-state index in [0.29, 0.717) is 18.5 Å². The number of hydrogen-bond acceptors (Lipinski definition) is 4. The van der Waals surface area contributed by atoms with Gasteiger partial charge in [0.1, 0.15) is 6.61 Å². The molecular weight excluding hydrogens is 262 g/mol. The quantitative estimate of drug-likeness (QED) is 0.849. The Labute approximate surface area is 127 Å². The Balaban J connectivity index is 2.22. The Kier molecular flexibility index (Phi) is 5.53. The second-order valence-corrected chi connectivity index (χ2v) is 5.82. The van der Waals surface area contributed by atoms with Gasteiger partial charge in [0, 0.05) is 30.6 Å². The third-order valence-corrected chi connectivity index (χ3v) is 3.27. The van der Waals surface area contributed by atoms with Gasteiger partial charge in [-0.2, -0.15) is 0 Å². The number of para-hydroxylation sites is 1. The molecule has 0 fully saturated rings. The van der Waals surface area contributed by atoms with Crippen molar-refractivity contribution < 1.29 is 4.74 Å². The highest BCUT2D eigenvalue weighted by Gasteiger charge is 2.07. The van der Waals surface area contributed by atoms with Crippen LogP contribution in [0.2, 0.25) is 0 Å². The first-order valence-electron chi connectivity index (χ1n) is 7.46. The van der Waals surface area contributed by atoms with Crippen molar-refractivity contribution in [3.05, 3.63) is 35.9 Å². The normalized spacial score (nSPS) is 11.5. The van der Waals surface area contributed by atoms with E-state index < -0.39 is 0 Å². The second-order valence-electron chi connectivity index (χ2n) is 5.82. The van der Waals surface area contributed by atoms with Crippen molar-refractivity contribution in [3.63, 3.8) is 0 Å². The number of pyridine rings is 1. The molecule has 21 heavy (non-hydrogen) atoms. The van der Waals surface area contributed by atoms with E-state index in [4.69, 9.17) is 4.74 Å². The van der Waals surface area contributed by atoms with Crippen molar-refractivity contribution >= 4 is 10.9 Å². The second kappa shape index (κ2) is 7.38. The summed E-state index contributed by atoms with van der Waals surface area (Å²) in [5.41, 5.74) is 2.22. The molecule has 1 heterocycles. The van der Waals surface area contributed by atoms with Crippen LogP contribution in [-0.4, -0.2) is 43.2 Å². The number of nitrogens with one attached hydrogen (secondary N) is 1. The highest BCUT2D eigenvalue weighted by Crippen LogP contribution is 2.22. The summed E-state index contributed by atoms with van der Waals surface area (Å²) in [7, 11) is 4.07. The van der Waals surface area contributed by atoms with Gasteiger partial charge < -0.3 is 15.0 Å². The fourth-order valence-electron chi connectivity index (χ4n) is 2.09. The van der Waals surface area contributed by atoms with Gasteiger partial charge in [-0.25, -0.2) is 4.98 Å². The first kappa shape index (κ1) is 15.7. The number of hydrogen-bond donors (Lipinski definition) is 1. The maximum absolute atomic E-state index is 5.79. The van der Waals surface area contributed by atoms with Crippen LogP contribution in [0.1, 0.15) is 19.4 Å². The lowest BCUT2D eigenvalue weighted by Crippen LogP contribution is -2.22. The first-order chi connectivity index (χ1) is 10.1. The van der Waals surface area contributed by atoms with Gasteiger partial charge >= 0.3 is 0 Å². The van der Waals surface area contributed by atoms with Crippen molar-refractivity contribution in [1.29, 1.82) is 0 Å². The van der Waals surface area contributed by atoms with Gasteiger partial charge in [0.15, 0.2) is 0 Å². The van der Waals surface area contributed by atoms with Gasteiger partial charge in [0.05, 0.1) is 5.52 Å². The SMILES string of the molecule is CC(C)NCc1cc(OCCN(C)C)nc2ccccc12. The Morgan fingerprint density at radius 1 is 1.24 bits per heavy atom. The van der Waals surface area contributed by atoms with E-state index in [1.165, 1.54) is 10.9 Å². The molecule has 0 saturated carbocycles. The Morgan fingerprint density at radius 2 is 2.00 bits per heavy atom. The molecule has 2 aromatic rings. The van der Waals surface area contributed by atoms with Crippen LogP contribution in [0.4, 0.5) is 0 Å². The molecule has 0 aliphatic rings. The van der Waals surface area contributed by atoms with Crippen LogP contribution in [0.5, 0.6) is 5.88 Å². The summed E-state index contributed by atoms with van der Waals surface area (Å²) in [6.07, 6.45) is 0. The van der Waals surface area contributed by atoms with Crippen LogP contribution in [0.25, 0.3) is 10.9 Å². The molecule has 0 atom stereocenters. The average molecular weight is 287 g/mol. The standard InChI is InChI=1S/C17H25N3O/c1-13(2)18-12-14-11-17(21-10-9-20(3)4)19-16-8-6-5-7-15(14)16/h5-8,11,13,18H,9-10,12H2,1-4H3.